The number of nitrogen functional groups attached to an aromatic ring is 1. The molecule has 1 aromatic rings. The van der Waals surface area contributed by atoms with Crippen LogP contribution in [0.15, 0.2) is 17.2 Å². The first kappa shape index (κ1) is 12.5. The van der Waals surface area contributed by atoms with Crippen LogP contribution in [-0.4, -0.2) is 26.2 Å². The Kier molecular flexibility index (Phi) is 3.92. The second-order valence-corrected chi connectivity index (χ2v) is 4.45. The third kappa shape index (κ3) is 2.67. The summed E-state index contributed by atoms with van der Waals surface area (Å²) in [6.45, 7) is 6.34. The van der Waals surface area contributed by atoms with Gasteiger partial charge < -0.3 is 16.0 Å². The maximum absolute atomic E-state index is 8.41. The summed E-state index contributed by atoms with van der Waals surface area (Å²) in [6.07, 6.45) is 0. The number of nitrogens with two attached hydrogens (primary N) is 1. The highest BCUT2D eigenvalue weighted by molar-refractivity contribution is 5.64. The van der Waals surface area contributed by atoms with Gasteiger partial charge >= 0.3 is 0 Å². The number of anilines is 2. The second-order valence-electron chi connectivity index (χ2n) is 4.45. The van der Waals surface area contributed by atoms with Crippen molar-refractivity contribution in [3.63, 3.8) is 0 Å². The van der Waals surface area contributed by atoms with Crippen LogP contribution in [0.25, 0.3) is 10.4 Å². The van der Waals surface area contributed by atoms with Crippen LogP contribution in [0.1, 0.15) is 11.1 Å². The topological polar surface area (TPSA) is 90.0 Å². The van der Waals surface area contributed by atoms with E-state index in [9.17, 15) is 0 Å². The van der Waals surface area contributed by atoms with E-state index in [-0.39, 0.29) is 0 Å². The minimum absolute atomic E-state index is 0.354. The summed E-state index contributed by atoms with van der Waals surface area (Å²) in [6, 6.07) is 3.88. The Morgan fingerprint density at radius 3 is 2.83 bits per heavy atom. The van der Waals surface area contributed by atoms with Crippen LogP contribution >= 0.6 is 0 Å². The van der Waals surface area contributed by atoms with Gasteiger partial charge in [-0.3, -0.25) is 0 Å². The minimum Gasteiger partial charge on any atom is -0.399 e. The van der Waals surface area contributed by atoms with Crippen LogP contribution in [0.3, 0.4) is 0 Å². The molecule has 0 saturated carbocycles. The van der Waals surface area contributed by atoms with Gasteiger partial charge in [0.2, 0.25) is 0 Å². The summed E-state index contributed by atoms with van der Waals surface area (Å²) in [7, 11) is 0. The van der Waals surface area contributed by atoms with Gasteiger partial charge in [-0.25, -0.2) is 0 Å². The molecule has 0 amide bonds. The van der Waals surface area contributed by atoms with Crippen molar-refractivity contribution in [2.75, 3.05) is 36.8 Å². The molecule has 0 bridgehead atoms. The van der Waals surface area contributed by atoms with E-state index in [1.54, 1.807) is 0 Å². The van der Waals surface area contributed by atoms with Gasteiger partial charge in [-0.2, -0.15) is 0 Å². The zero-order valence-corrected chi connectivity index (χ0v) is 10.6. The van der Waals surface area contributed by atoms with Crippen molar-refractivity contribution in [2.24, 2.45) is 5.11 Å². The van der Waals surface area contributed by atoms with Crippen molar-refractivity contribution in [1.29, 1.82) is 0 Å². The fraction of sp³-hybridized carbons (Fsp3) is 0.500. The fourth-order valence-corrected chi connectivity index (χ4v) is 2.29. The molecule has 1 aliphatic rings. The monoisotopic (exact) mass is 246 g/mol. The van der Waals surface area contributed by atoms with E-state index >= 15 is 0 Å². The summed E-state index contributed by atoms with van der Waals surface area (Å²) >= 11 is 0. The molecule has 0 unspecified atom stereocenters. The Morgan fingerprint density at radius 2 is 2.17 bits per heavy atom. The lowest BCUT2D eigenvalue weighted by Gasteiger charge is -2.31. The van der Waals surface area contributed by atoms with Crippen molar-refractivity contribution in [2.45, 2.75) is 13.5 Å². The largest absolute Gasteiger partial charge is 0.399 e. The number of hydrogen-bond acceptors (Lipinski definition) is 4. The molecule has 1 aliphatic heterocycles. The van der Waals surface area contributed by atoms with Crippen LogP contribution in [-0.2, 0) is 6.54 Å². The third-order valence-electron chi connectivity index (χ3n) is 3.27. The zero-order valence-electron chi connectivity index (χ0n) is 10.6. The van der Waals surface area contributed by atoms with Crippen molar-refractivity contribution >= 4 is 11.4 Å². The molecular weight excluding hydrogens is 228 g/mol. The van der Waals surface area contributed by atoms with Gasteiger partial charge in [0.25, 0.3) is 0 Å². The Hall–Kier alpha value is -1.91. The molecule has 6 heteroatoms. The molecule has 0 aromatic heterocycles. The van der Waals surface area contributed by atoms with E-state index < -0.39 is 0 Å². The van der Waals surface area contributed by atoms with Crippen molar-refractivity contribution in [1.82, 2.24) is 5.32 Å². The summed E-state index contributed by atoms with van der Waals surface area (Å²) in [5.41, 5.74) is 18.4. The predicted octanol–water partition coefficient (Wildman–Crippen LogP) is 1.80. The van der Waals surface area contributed by atoms with E-state index in [1.807, 2.05) is 12.1 Å². The Balaban J connectivity index is 2.33. The molecule has 6 nitrogen and oxygen atoms in total. The van der Waals surface area contributed by atoms with Gasteiger partial charge in [0.15, 0.2) is 0 Å². The number of rotatable bonds is 3. The van der Waals surface area contributed by atoms with Crippen LogP contribution in [0.5, 0.6) is 0 Å². The molecule has 3 N–H and O–H groups in total. The molecule has 18 heavy (non-hydrogen) atoms. The molecule has 0 spiro atoms. The van der Waals surface area contributed by atoms with Gasteiger partial charge in [0.1, 0.15) is 0 Å². The lowest BCUT2D eigenvalue weighted by molar-refractivity contribution is 0.588. The van der Waals surface area contributed by atoms with Crippen molar-refractivity contribution in [3.05, 3.63) is 33.7 Å². The summed E-state index contributed by atoms with van der Waals surface area (Å²) < 4.78 is 0. The van der Waals surface area contributed by atoms with E-state index in [2.05, 4.69) is 27.2 Å². The van der Waals surface area contributed by atoms with E-state index in [4.69, 9.17) is 11.3 Å². The van der Waals surface area contributed by atoms with Crippen molar-refractivity contribution in [3.8, 4) is 0 Å². The smallest absolute Gasteiger partial charge is 0.0515 e. The Morgan fingerprint density at radius 1 is 1.44 bits per heavy atom. The van der Waals surface area contributed by atoms with Gasteiger partial charge in [-0.1, -0.05) is 5.11 Å². The molecule has 0 aliphatic carbocycles. The number of nitrogens with zero attached hydrogens (tertiary/aromatic N) is 4. The highest BCUT2D eigenvalue weighted by atomic mass is 15.2. The minimum atomic E-state index is 0.354. The number of piperazine rings is 1. The van der Waals surface area contributed by atoms with Gasteiger partial charge in [0.05, 0.1) is 6.54 Å². The van der Waals surface area contributed by atoms with Gasteiger partial charge in [-0.15, -0.1) is 0 Å². The molecule has 0 atom stereocenters. The quantitative estimate of drug-likeness (QED) is 0.369. The first-order valence-corrected chi connectivity index (χ1v) is 6.08. The Labute approximate surface area is 106 Å². The highest BCUT2D eigenvalue weighted by Crippen LogP contribution is 2.27. The fourth-order valence-electron chi connectivity index (χ4n) is 2.29. The molecule has 1 aromatic carbocycles. The number of nitrogens with one attached hydrogen (secondary N) is 1. The molecule has 1 saturated heterocycles. The number of benzene rings is 1. The molecule has 1 fully saturated rings. The second kappa shape index (κ2) is 5.62. The third-order valence-corrected chi connectivity index (χ3v) is 3.27. The highest BCUT2D eigenvalue weighted by Gasteiger charge is 2.15. The predicted molar refractivity (Wildman–Crippen MR) is 73.5 cm³/mol. The molecule has 96 valence electrons. The number of hydrogen-bond donors (Lipinski definition) is 2. The van der Waals surface area contributed by atoms with Crippen LogP contribution in [0, 0.1) is 6.92 Å². The average molecular weight is 246 g/mol. The normalized spacial score (nSPS) is 15.3. The summed E-state index contributed by atoms with van der Waals surface area (Å²) in [5.74, 6) is 0. The maximum Gasteiger partial charge on any atom is 0.0515 e. The molecular formula is C12H18N6. The summed E-state index contributed by atoms with van der Waals surface area (Å²) in [5, 5.41) is 6.95. The Bertz CT molecular complexity index is 472. The van der Waals surface area contributed by atoms with E-state index in [0.29, 0.717) is 6.54 Å². The first-order valence-electron chi connectivity index (χ1n) is 6.08. The standard InChI is InChI=1S/C12H18N6/c1-9-10(8-16-17-14)6-11(13)7-12(9)18-4-2-15-3-5-18/h6-7,15H,2-5,8,13H2,1H3. The van der Waals surface area contributed by atoms with E-state index in [0.717, 1.165) is 48.7 Å². The van der Waals surface area contributed by atoms with Gasteiger partial charge in [-0.05, 0) is 35.7 Å². The van der Waals surface area contributed by atoms with Crippen LogP contribution in [0.2, 0.25) is 0 Å². The first-order chi connectivity index (χ1) is 8.72. The molecule has 2 rings (SSSR count). The maximum atomic E-state index is 8.41. The van der Waals surface area contributed by atoms with E-state index in [1.165, 1.54) is 0 Å². The number of azide groups is 1. The molecule has 1 heterocycles. The van der Waals surface area contributed by atoms with Crippen molar-refractivity contribution < 1.29 is 0 Å². The van der Waals surface area contributed by atoms with Gasteiger partial charge in [0, 0.05) is 42.5 Å². The SMILES string of the molecule is Cc1c(CN=[N+]=[N-])cc(N)cc1N1CCNCC1. The van der Waals surface area contributed by atoms with Crippen LogP contribution < -0.4 is 16.0 Å². The zero-order chi connectivity index (χ0) is 13.0. The van der Waals surface area contributed by atoms with Crippen LogP contribution in [0.4, 0.5) is 11.4 Å². The lowest BCUT2D eigenvalue weighted by Crippen LogP contribution is -2.43. The summed E-state index contributed by atoms with van der Waals surface area (Å²) in [4.78, 5) is 5.13. The molecule has 0 radical (unpaired) electrons. The lowest BCUT2D eigenvalue weighted by atomic mass is 10.0. The average Bonchev–Trinajstić information content (AvgIpc) is 2.40.